The Kier molecular flexibility index (Phi) is 7.25. The zero-order valence-corrected chi connectivity index (χ0v) is 19.7. The monoisotopic (exact) mass is 617 g/mol. The van der Waals surface area contributed by atoms with Crippen LogP contribution in [0, 0.1) is 0 Å². The number of hydrogen-bond donors (Lipinski definition) is 6. The first-order valence-corrected chi connectivity index (χ1v) is 13.6. The Morgan fingerprint density at radius 1 is 1.13 bits per heavy atom. The molecule has 0 aromatic carbocycles. The summed E-state index contributed by atoms with van der Waals surface area (Å²) in [6.07, 6.45) is -0.757. The summed E-state index contributed by atoms with van der Waals surface area (Å²) in [5.74, 6) is 0.122. The first-order chi connectivity index (χ1) is 14.2. The predicted octanol–water partition coefficient (Wildman–Crippen LogP) is -0.186. The molecular weight excluding hydrogens is 602 g/mol. The second-order valence-corrected chi connectivity index (χ2v) is 11.8. The van der Waals surface area contributed by atoms with Gasteiger partial charge < -0.3 is 35.2 Å². The van der Waals surface area contributed by atoms with Gasteiger partial charge in [-0.15, -0.1) is 0 Å². The summed E-state index contributed by atoms with van der Waals surface area (Å²) in [5, 5.41) is 10.4. The van der Waals surface area contributed by atoms with Crippen LogP contribution < -0.4 is 5.73 Å². The highest BCUT2D eigenvalue weighted by molar-refractivity contribution is 14.1. The molecule has 1 aliphatic rings. The van der Waals surface area contributed by atoms with Crippen LogP contribution in [-0.4, -0.2) is 66.9 Å². The van der Waals surface area contributed by atoms with Crippen LogP contribution in [0.2, 0.25) is 0 Å². The van der Waals surface area contributed by atoms with Gasteiger partial charge in [0.1, 0.15) is 17.9 Å². The fourth-order valence-corrected chi connectivity index (χ4v) is 6.60. The topological polar surface area (TPSA) is 259 Å². The van der Waals surface area contributed by atoms with Crippen LogP contribution >= 0.6 is 46.1 Å². The minimum atomic E-state index is -5.65. The number of fused-ring (bicyclic) bond motifs is 1. The molecule has 1 saturated heterocycles. The van der Waals surface area contributed by atoms with Crippen LogP contribution in [0.15, 0.2) is 12.7 Å². The molecule has 31 heavy (non-hydrogen) atoms. The number of nitrogens with two attached hydrogens (primary N) is 1. The van der Waals surface area contributed by atoms with E-state index in [1.165, 1.54) is 17.2 Å². The van der Waals surface area contributed by atoms with Crippen molar-refractivity contribution in [1.82, 2.24) is 19.5 Å². The maximum atomic E-state index is 11.8. The van der Waals surface area contributed by atoms with E-state index in [1.54, 1.807) is 0 Å². The van der Waals surface area contributed by atoms with Gasteiger partial charge in [-0.25, -0.2) is 28.6 Å². The number of rotatable bonds is 8. The van der Waals surface area contributed by atoms with E-state index in [4.69, 9.17) is 25.2 Å². The fraction of sp³-hybridized carbons (Fsp3) is 0.500. The quantitative estimate of drug-likeness (QED) is 0.127. The van der Waals surface area contributed by atoms with Crippen LogP contribution in [-0.2, 0) is 31.6 Å². The van der Waals surface area contributed by atoms with E-state index < -0.39 is 52.4 Å². The molecule has 21 heteroatoms. The molecule has 0 spiro atoms. The molecule has 0 aliphatic carbocycles. The molecule has 3 heterocycles. The molecule has 0 saturated carbocycles. The summed E-state index contributed by atoms with van der Waals surface area (Å²) in [4.78, 5) is 47.7. The third kappa shape index (κ3) is 6.05. The number of aromatic nitrogens is 4. The summed E-state index contributed by atoms with van der Waals surface area (Å²) in [6.45, 7) is -0.801. The van der Waals surface area contributed by atoms with Crippen LogP contribution in [0.4, 0.5) is 5.82 Å². The molecule has 2 aromatic heterocycles. The molecule has 3 rings (SSSR count). The Hall–Kier alpha value is -0.590. The van der Waals surface area contributed by atoms with Gasteiger partial charge in [-0.1, -0.05) is 22.6 Å². The highest BCUT2D eigenvalue weighted by atomic mass is 127. The average molecular weight is 617 g/mol. The third-order valence-corrected chi connectivity index (χ3v) is 8.93. The summed E-state index contributed by atoms with van der Waals surface area (Å²) in [5.41, 5.74) is 6.33. The Balaban J connectivity index is 1.69. The van der Waals surface area contributed by atoms with Crippen molar-refractivity contribution in [2.45, 2.75) is 22.4 Å². The molecule has 0 amide bonds. The highest BCUT2D eigenvalue weighted by Gasteiger charge is 2.46. The smallest absolute Gasteiger partial charge is 0.389 e. The lowest BCUT2D eigenvalue weighted by Gasteiger charge is -2.19. The van der Waals surface area contributed by atoms with E-state index in [-0.39, 0.29) is 5.82 Å². The molecule has 3 unspecified atom stereocenters. The van der Waals surface area contributed by atoms with E-state index in [9.17, 15) is 23.7 Å². The summed E-state index contributed by atoms with van der Waals surface area (Å²) >= 11 is 1.87. The first kappa shape index (κ1) is 25.0. The SMILES string of the molecule is Nc1ncnc2c1ncn2[C@@H]1O[C@H](COP(=O)(O)OP(=O)(O)OP(=O)(O)O)C(O)[C@@H]1I. The number of nitrogen functional groups attached to an aromatic ring is 1. The van der Waals surface area contributed by atoms with Crippen molar-refractivity contribution in [3.8, 4) is 0 Å². The molecular formula is C10H15IN5O12P3. The van der Waals surface area contributed by atoms with Crippen LogP contribution in [0.5, 0.6) is 0 Å². The minimum Gasteiger partial charge on any atom is -0.389 e. The van der Waals surface area contributed by atoms with Gasteiger partial charge in [0, 0.05) is 0 Å². The van der Waals surface area contributed by atoms with Gasteiger partial charge in [0.25, 0.3) is 0 Å². The van der Waals surface area contributed by atoms with Gasteiger partial charge in [-0.3, -0.25) is 9.09 Å². The maximum Gasteiger partial charge on any atom is 0.490 e. The van der Waals surface area contributed by atoms with Crippen LogP contribution in [0.3, 0.4) is 0 Å². The van der Waals surface area contributed by atoms with Crippen molar-refractivity contribution in [1.29, 1.82) is 0 Å². The summed E-state index contributed by atoms with van der Waals surface area (Å²) in [6, 6.07) is 0. The van der Waals surface area contributed by atoms with Crippen molar-refractivity contribution < 1.29 is 56.3 Å². The lowest BCUT2D eigenvalue weighted by Crippen LogP contribution is -2.30. The number of aliphatic hydroxyl groups excluding tert-OH is 1. The highest BCUT2D eigenvalue weighted by Crippen LogP contribution is 2.66. The maximum absolute atomic E-state index is 11.8. The minimum absolute atomic E-state index is 0.122. The van der Waals surface area contributed by atoms with Crippen molar-refractivity contribution in [2.24, 2.45) is 0 Å². The number of ether oxygens (including phenoxy) is 1. The van der Waals surface area contributed by atoms with E-state index in [0.717, 1.165) is 0 Å². The van der Waals surface area contributed by atoms with E-state index in [2.05, 4.69) is 28.1 Å². The second kappa shape index (κ2) is 8.98. The summed E-state index contributed by atoms with van der Waals surface area (Å²) < 4.78 is 52.1. The van der Waals surface area contributed by atoms with Crippen molar-refractivity contribution in [3.63, 3.8) is 0 Å². The standard InChI is InChI=1S/C10H15IN5O12P3/c11-5-7(17)4(1-25-30(21,22)28-31(23,24)27-29(18,19)20)26-10(5)16-3-15-6-8(12)13-2-14-9(6)16/h2-5,7,10,17H,1H2,(H,21,22)(H,23,24)(H2,12,13,14)(H2,18,19,20)/t4-,5+,7?,10-/m1/s1. The van der Waals surface area contributed by atoms with Gasteiger partial charge in [-0.2, -0.15) is 8.62 Å². The van der Waals surface area contributed by atoms with E-state index in [0.29, 0.717) is 11.2 Å². The van der Waals surface area contributed by atoms with Gasteiger partial charge in [0.05, 0.1) is 23.0 Å². The molecule has 6 atom stereocenters. The third-order valence-electron chi connectivity index (χ3n) is 3.77. The predicted molar refractivity (Wildman–Crippen MR) is 107 cm³/mol. The van der Waals surface area contributed by atoms with Crippen molar-refractivity contribution >= 4 is 63.0 Å². The lowest BCUT2D eigenvalue weighted by atomic mass is 10.2. The first-order valence-electron chi connectivity index (χ1n) is 7.88. The molecule has 7 N–H and O–H groups in total. The van der Waals surface area contributed by atoms with Crippen LogP contribution in [0.25, 0.3) is 11.2 Å². The average Bonchev–Trinajstić information content (AvgIpc) is 3.13. The normalized spacial score (nSPS) is 28.5. The second-order valence-electron chi connectivity index (χ2n) is 5.97. The largest absolute Gasteiger partial charge is 0.490 e. The van der Waals surface area contributed by atoms with Gasteiger partial charge >= 0.3 is 23.5 Å². The molecule has 1 aliphatic heterocycles. The Bertz CT molecular complexity index is 1110. The van der Waals surface area contributed by atoms with E-state index >= 15 is 0 Å². The number of aliphatic hydroxyl groups is 1. The number of anilines is 1. The molecule has 174 valence electrons. The van der Waals surface area contributed by atoms with Gasteiger partial charge in [0.15, 0.2) is 17.7 Å². The number of alkyl halides is 1. The van der Waals surface area contributed by atoms with E-state index in [1.807, 2.05) is 22.6 Å². The Labute approximate surface area is 186 Å². The van der Waals surface area contributed by atoms with Gasteiger partial charge in [-0.05, 0) is 0 Å². The Morgan fingerprint density at radius 3 is 2.45 bits per heavy atom. The zero-order chi connectivity index (χ0) is 23.2. The number of nitrogens with zero attached hydrogens (tertiary/aromatic N) is 4. The van der Waals surface area contributed by atoms with Crippen molar-refractivity contribution in [2.75, 3.05) is 12.3 Å². The number of imidazole rings is 1. The number of phosphoric acid groups is 3. The molecule has 0 radical (unpaired) electrons. The summed E-state index contributed by atoms with van der Waals surface area (Å²) in [7, 11) is -16.5. The fourth-order valence-electron chi connectivity index (χ4n) is 2.59. The number of halogens is 1. The Morgan fingerprint density at radius 2 is 1.81 bits per heavy atom. The molecule has 2 aromatic rings. The van der Waals surface area contributed by atoms with Crippen LogP contribution in [0.1, 0.15) is 6.23 Å². The zero-order valence-electron chi connectivity index (χ0n) is 14.9. The number of phosphoric ester groups is 1. The molecule has 0 bridgehead atoms. The molecule has 1 fully saturated rings. The lowest BCUT2D eigenvalue weighted by molar-refractivity contribution is -0.0420. The van der Waals surface area contributed by atoms with Gasteiger partial charge in [0.2, 0.25) is 0 Å². The number of hydrogen-bond acceptors (Lipinski definition) is 12. The molecule has 17 nitrogen and oxygen atoms in total. The van der Waals surface area contributed by atoms with Crippen molar-refractivity contribution in [3.05, 3.63) is 12.7 Å².